The normalized spacial score (nSPS) is 10.1. The first-order valence-corrected chi connectivity index (χ1v) is 6.16. The smallest absolute Gasteiger partial charge is 0.262 e. The number of benzene rings is 2. The molecule has 1 amide bonds. The van der Waals surface area contributed by atoms with Crippen molar-refractivity contribution in [2.45, 2.75) is 0 Å². The third-order valence-electron chi connectivity index (χ3n) is 2.50. The third-order valence-corrected chi connectivity index (χ3v) is 2.79. The number of para-hydroxylation sites is 2. The van der Waals surface area contributed by atoms with Gasteiger partial charge in [0.1, 0.15) is 11.6 Å². The number of carbonyl (C=O) groups is 1. The Hall–Kier alpha value is -2.27. The number of nitrogens with one attached hydrogen (secondary N) is 1. The lowest BCUT2D eigenvalue weighted by Crippen LogP contribution is -2.20. The van der Waals surface area contributed by atoms with Gasteiger partial charge in [-0.3, -0.25) is 4.79 Å². The first kappa shape index (κ1) is 14.1. The minimum atomic E-state index is -0.541. The molecular weight excluding hydrogens is 283 g/mol. The highest BCUT2D eigenvalue weighted by molar-refractivity contribution is 6.30. The molecule has 104 valence electrons. The van der Waals surface area contributed by atoms with Crippen LogP contribution in [0.4, 0.5) is 15.8 Å². The van der Waals surface area contributed by atoms with E-state index in [4.69, 9.17) is 22.1 Å². The van der Waals surface area contributed by atoms with E-state index in [9.17, 15) is 9.18 Å². The van der Waals surface area contributed by atoms with Crippen molar-refractivity contribution in [3.05, 3.63) is 53.3 Å². The van der Waals surface area contributed by atoms with Crippen LogP contribution in [0, 0.1) is 5.82 Å². The van der Waals surface area contributed by atoms with Crippen LogP contribution < -0.4 is 15.8 Å². The number of halogens is 2. The number of rotatable bonds is 4. The van der Waals surface area contributed by atoms with Crippen molar-refractivity contribution in [2.75, 3.05) is 17.7 Å². The van der Waals surface area contributed by atoms with E-state index in [2.05, 4.69) is 5.32 Å². The highest BCUT2D eigenvalue weighted by atomic mass is 35.5. The summed E-state index contributed by atoms with van der Waals surface area (Å²) in [5, 5.41) is 2.55. The Kier molecular flexibility index (Phi) is 4.42. The summed E-state index contributed by atoms with van der Waals surface area (Å²) in [4.78, 5) is 11.7. The van der Waals surface area contributed by atoms with E-state index in [1.165, 1.54) is 18.2 Å². The van der Waals surface area contributed by atoms with Crippen LogP contribution in [0.2, 0.25) is 5.02 Å². The van der Waals surface area contributed by atoms with Crippen molar-refractivity contribution in [3.63, 3.8) is 0 Å². The zero-order valence-electron chi connectivity index (χ0n) is 10.4. The molecule has 6 heteroatoms. The van der Waals surface area contributed by atoms with Crippen LogP contribution >= 0.6 is 11.6 Å². The van der Waals surface area contributed by atoms with E-state index in [-0.39, 0.29) is 17.5 Å². The number of nitrogen functional groups attached to an aromatic ring is 1. The number of ether oxygens (including phenoxy) is 1. The van der Waals surface area contributed by atoms with Gasteiger partial charge in [-0.1, -0.05) is 23.7 Å². The molecule has 2 aromatic carbocycles. The maximum Gasteiger partial charge on any atom is 0.262 e. The molecular formula is C14H12ClFN2O2. The van der Waals surface area contributed by atoms with Crippen LogP contribution in [0.1, 0.15) is 0 Å². The minimum Gasteiger partial charge on any atom is -0.484 e. The van der Waals surface area contributed by atoms with Gasteiger partial charge in [0.25, 0.3) is 5.91 Å². The summed E-state index contributed by atoms with van der Waals surface area (Å²) in [5.74, 6) is -0.601. The molecule has 0 saturated carbocycles. The monoisotopic (exact) mass is 294 g/mol. The predicted octanol–water partition coefficient (Wildman–Crippen LogP) is 3.08. The average molecular weight is 295 g/mol. The van der Waals surface area contributed by atoms with E-state index >= 15 is 0 Å². The molecule has 0 fully saturated rings. The van der Waals surface area contributed by atoms with Gasteiger partial charge in [-0.05, 0) is 24.3 Å². The molecule has 2 rings (SSSR count). The molecule has 0 unspecified atom stereocenters. The van der Waals surface area contributed by atoms with E-state index in [1.807, 2.05) is 0 Å². The highest BCUT2D eigenvalue weighted by Gasteiger charge is 2.07. The Morgan fingerprint density at radius 1 is 1.30 bits per heavy atom. The van der Waals surface area contributed by atoms with Gasteiger partial charge < -0.3 is 15.8 Å². The predicted molar refractivity (Wildman–Crippen MR) is 76.4 cm³/mol. The molecule has 4 nitrogen and oxygen atoms in total. The van der Waals surface area contributed by atoms with Crippen LogP contribution in [0.15, 0.2) is 42.5 Å². The Labute approximate surface area is 120 Å². The van der Waals surface area contributed by atoms with E-state index in [1.54, 1.807) is 24.3 Å². The van der Waals surface area contributed by atoms with Gasteiger partial charge in [-0.2, -0.15) is 0 Å². The zero-order chi connectivity index (χ0) is 14.5. The van der Waals surface area contributed by atoms with Crippen LogP contribution in [-0.4, -0.2) is 12.5 Å². The summed E-state index contributed by atoms with van der Waals surface area (Å²) < 4.78 is 18.2. The fourth-order valence-electron chi connectivity index (χ4n) is 1.51. The van der Waals surface area contributed by atoms with Gasteiger partial charge in [0.2, 0.25) is 0 Å². The Morgan fingerprint density at radius 2 is 2.05 bits per heavy atom. The molecule has 20 heavy (non-hydrogen) atoms. The lowest BCUT2D eigenvalue weighted by molar-refractivity contribution is -0.118. The zero-order valence-corrected chi connectivity index (χ0v) is 11.2. The Balaban J connectivity index is 1.92. The number of carbonyl (C=O) groups excluding carboxylic acids is 1. The van der Waals surface area contributed by atoms with Gasteiger partial charge in [0.15, 0.2) is 6.61 Å². The molecule has 0 heterocycles. The van der Waals surface area contributed by atoms with Gasteiger partial charge in [0, 0.05) is 6.07 Å². The number of hydrogen-bond acceptors (Lipinski definition) is 3. The summed E-state index contributed by atoms with van der Waals surface area (Å²) in [6.07, 6.45) is 0. The summed E-state index contributed by atoms with van der Waals surface area (Å²) in [6, 6.07) is 10.8. The van der Waals surface area contributed by atoms with E-state index < -0.39 is 5.82 Å². The molecule has 0 bridgehead atoms. The maximum atomic E-state index is 12.9. The topological polar surface area (TPSA) is 64.3 Å². The second kappa shape index (κ2) is 6.25. The van der Waals surface area contributed by atoms with Gasteiger partial charge in [0.05, 0.1) is 16.4 Å². The largest absolute Gasteiger partial charge is 0.484 e. The standard InChI is InChI=1S/C14H12ClFN2O2/c15-10-7-9(5-6-11(10)16)20-8-14(19)18-13-4-2-1-3-12(13)17/h1-7H,8,17H2,(H,18,19). The number of amides is 1. The second-order valence-electron chi connectivity index (χ2n) is 4.00. The van der Waals surface area contributed by atoms with Crippen molar-refractivity contribution in [2.24, 2.45) is 0 Å². The maximum absolute atomic E-state index is 12.9. The minimum absolute atomic E-state index is 0.0600. The Morgan fingerprint density at radius 3 is 2.75 bits per heavy atom. The van der Waals surface area contributed by atoms with Crippen LogP contribution in [0.3, 0.4) is 0 Å². The van der Waals surface area contributed by atoms with E-state index in [0.29, 0.717) is 17.1 Å². The number of anilines is 2. The van der Waals surface area contributed by atoms with Gasteiger partial charge in [-0.15, -0.1) is 0 Å². The van der Waals surface area contributed by atoms with Crippen molar-refractivity contribution in [1.82, 2.24) is 0 Å². The highest BCUT2D eigenvalue weighted by Crippen LogP contribution is 2.21. The van der Waals surface area contributed by atoms with Gasteiger partial charge >= 0.3 is 0 Å². The first-order chi connectivity index (χ1) is 9.56. The Bertz CT molecular complexity index is 634. The van der Waals surface area contributed by atoms with Crippen LogP contribution in [0.25, 0.3) is 0 Å². The molecule has 0 spiro atoms. The second-order valence-corrected chi connectivity index (χ2v) is 4.41. The van der Waals surface area contributed by atoms with Crippen molar-refractivity contribution >= 4 is 28.9 Å². The summed E-state index contributed by atoms with van der Waals surface area (Å²) in [6.45, 7) is -0.226. The molecule has 0 atom stereocenters. The average Bonchev–Trinajstić information content (AvgIpc) is 2.43. The molecule has 0 aliphatic rings. The summed E-state index contributed by atoms with van der Waals surface area (Å²) in [7, 11) is 0. The quantitative estimate of drug-likeness (QED) is 0.852. The molecule has 0 radical (unpaired) electrons. The fourth-order valence-corrected chi connectivity index (χ4v) is 1.68. The van der Waals surface area contributed by atoms with Crippen LogP contribution in [-0.2, 0) is 4.79 Å². The summed E-state index contributed by atoms with van der Waals surface area (Å²) in [5.41, 5.74) is 6.67. The number of nitrogens with two attached hydrogens (primary N) is 1. The van der Waals surface area contributed by atoms with Gasteiger partial charge in [-0.25, -0.2) is 4.39 Å². The molecule has 2 aromatic rings. The van der Waals surface area contributed by atoms with Crippen molar-refractivity contribution < 1.29 is 13.9 Å². The SMILES string of the molecule is Nc1ccccc1NC(=O)COc1ccc(F)c(Cl)c1. The first-order valence-electron chi connectivity index (χ1n) is 5.78. The lowest BCUT2D eigenvalue weighted by atomic mass is 10.2. The van der Waals surface area contributed by atoms with Crippen molar-refractivity contribution in [3.8, 4) is 5.75 Å². The lowest BCUT2D eigenvalue weighted by Gasteiger charge is -2.09. The fraction of sp³-hybridized carbons (Fsp3) is 0.0714. The molecule has 0 aromatic heterocycles. The molecule has 3 N–H and O–H groups in total. The number of hydrogen-bond donors (Lipinski definition) is 2. The summed E-state index contributed by atoms with van der Waals surface area (Å²) >= 11 is 5.61. The van der Waals surface area contributed by atoms with E-state index in [0.717, 1.165) is 0 Å². The third kappa shape index (κ3) is 3.61. The van der Waals surface area contributed by atoms with Crippen molar-refractivity contribution in [1.29, 1.82) is 0 Å². The molecule has 0 saturated heterocycles. The molecule has 0 aliphatic heterocycles. The molecule has 0 aliphatic carbocycles. The van der Waals surface area contributed by atoms with Crippen LogP contribution in [0.5, 0.6) is 5.75 Å².